The number of aryl methyl sites for hydroxylation is 1. The van der Waals surface area contributed by atoms with Crippen molar-refractivity contribution in [2.45, 2.75) is 6.92 Å². The van der Waals surface area contributed by atoms with Gasteiger partial charge in [-0.05, 0) is 61.0 Å². The van der Waals surface area contributed by atoms with Gasteiger partial charge in [0, 0.05) is 28.9 Å². The summed E-state index contributed by atoms with van der Waals surface area (Å²) in [5, 5.41) is 13.4. The van der Waals surface area contributed by atoms with E-state index in [1.807, 2.05) is 37.3 Å². The first-order valence-corrected chi connectivity index (χ1v) is 8.53. The van der Waals surface area contributed by atoms with Crippen molar-refractivity contribution in [3.63, 3.8) is 0 Å². The zero-order valence-electron chi connectivity index (χ0n) is 14.9. The Hall–Kier alpha value is -4.00. The van der Waals surface area contributed by atoms with Gasteiger partial charge < -0.3 is 9.73 Å². The number of rotatable bonds is 4. The zero-order chi connectivity index (χ0) is 19.7. The van der Waals surface area contributed by atoms with Crippen LogP contribution in [0.25, 0.3) is 22.6 Å². The van der Waals surface area contributed by atoms with Crippen molar-refractivity contribution < 1.29 is 14.1 Å². The number of nitrogens with one attached hydrogen (secondary N) is 1. The quantitative estimate of drug-likeness (QED) is 0.402. The summed E-state index contributed by atoms with van der Waals surface area (Å²) in [4.78, 5) is 27.0. The molecule has 0 aliphatic carbocycles. The number of carbonyl (C=O) groups is 1. The molecule has 4 rings (SSSR count). The van der Waals surface area contributed by atoms with Gasteiger partial charge in [-0.25, -0.2) is 4.98 Å². The predicted octanol–water partition coefficient (Wildman–Crippen LogP) is 4.96. The van der Waals surface area contributed by atoms with Crippen molar-refractivity contribution in [1.29, 1.82) is 0 Å². The van der Waals surface area contributed by atoms with Crippen LogP contribution in [-0.4, -0.2) is 15.8 Å². The third-order valence-corrected chi connectivity index (χ3v) is 4.27. The fraction of sp³-hybridized carbons (Fsp3) is 0.0476. The van der Waals surface area contributed by atoms with Crippen molar-refractivity contribution in [3.05, 3.63) is 88.0 Å². The van der Waals surface area contributed by atoms with Crippen LogP contribution in [-0.2, 0) is 0 Å². The number of amides is 1. The van der Waals surface area contributed by atoms with E-state index in [1.54, 1.807) is 12.1 Å². The maximum Gasteiger partial charge on any atom is 0.269 e. The Labute approximate surface area is 159 Å². The monoisotopic (exact) mass is 373 g/mol. The first-order valence-electron chi connectivity index (χ1n) is 8.53. The number of nitro groups is 1. The van der Waals surface area contributed by atoms with Crippen LogP contribution >= 0.6 is 0 Å². The van der Waals surface area contributed by atoms with Gasteiger partial charge in [-0.1, -0.05) is 6.07 Å². The van der Waals surface area contributed by atoms with Crippen LogP contribution in [0.3, 0.4) is 0 Å². The van der Waals surface area contributed by atoms with Crippen molar-refractivity contribution in [2.24, 2.45) is 0 Å². The minimum Gasteiger partial charge on any atom is -0.436 e. The van der Waals surface area contributed by atoms with E-state index in [4.69, 9.17) is 4.42 Å². The standard InChI is InChI=1S/C21H15N3O4/c1-13-2-11-19-18(12-13)23-21(28-19)15-3-7-16(8-4-15)22-20(25)14-5-9-17(10-6-14)24(26)27/h2-12H,1H3,(H,22,25). The summed E-state index contributed by atoms with van der Waals surface area (Å²) in [5.41, 5.74) is 4.29. The molecule has 7 nitrogen and oxygen atoms in total. The summed E-state index contributed by atoms with van der Waals surface area (Å²) in [7, 11) is 0. The summed E-state index contributed by atoms with van der Waals surface area (Å²) in [5.74, 6) is 0.161. The van der Waals surface area contributed by atoms with Gasteiger partial charge in [0.25, 0.3) is 11.6 Å². The second kappa shape index (κ2) is 6.96. The predicted molar refractivity (Wildman–Crippen MR) is 105 cm³/mol. The smallest absolute Gasteiger partial charge is 0.269 e. The maximum atomic E-state index is 12.3. The number of carbonyl (C=O) groups excluding carboxylic acids is 1. The van der Waals surface area contributed by atoms with Crippen molar-refractivity contribution in [2.75, 3.05) is 5.32 Å². The molecule has 0 saturated heterocycles. The highest BCUT2D eigenvalue weighted by atomic mass is 16.6. The van der Waals surface area contributed by atoms with E-state index in [0.717, 1.165) is 22.2 Å². The van der Waals surface area contributed by atoms with Crippen LogP contribution in [0.15, 0.2) is 71.1 Å². The molecule has 0 spiro atoms. The van der Waals surface area contributed by atoms with E-state index in [0.29, 0.717) is 17.1 Å². The Morgan fingerprint density at radius 1 is 1.04 bits per heavy atom. The van der Waals surface area contributed by atoms with Crippen LogP contribution < -0.4 is 5.32 Å². The molecule has 0 radical (unpaired) electrons. The summed E-state index contributed by atoms with van der Waals surface area (Å²) in [6, 6.07) is 18.4. The van der Waals surface area contributed by atoms with Crippen molar-refractivity contribution in [3.8, 4) is 11.5 Å². The van der Waals surface area contributed by atoms with Gasteiger partial charge in [-0.15, -0.1) is 0 Å². The van der Waals surface area contributed by atoms with Crippen LogP contribution in [0.2, 0.25) is 0 Å². The lowest BCUT2D eigenvalue weighted by atomic mass is 10.1. The van der Waals surface area contributed by atoms with E-state index in [1.165, 1.54) is 24.3 Å². The van der Waals surface area contributed by atoms with Crippen LogP contribution in [0.4, 0.5) is 11.4 Å². The minimum atomic E-state index is -0.506. The minimum absolute atomic E-state index is 0.0607. The lowest BCUT2D eigenvalue weighted by molar-refractivity contribution is -0.384. The molecule has 1 amide bonds. The Balaban J connectivity index is 1.50. The number of fused-ring (bicyclic) bond motifs is 1. The lowest BCUT2D eigenvalue weighted by Gasteiger charge is -2.05. The molecule has 138 valence electrons. The average Bonchev–Trinajstić information content (AvgIpc) is 3.11. The fourth-order valence-electron chi connectivity index (χ4n) is 2.79. The number of hydrogen-bond donors (Lipinski definition) is 1. The second-order valence-corrected chi connectivity index (χ2v) is 6.33. The highest BCUT2D eigenvalue weighted by Gasteiger charge is 2.11. The molecular formula is C21H15N3O4. The molecule has 0 bridgehead atoms. The van der Waals surface area contributed by atoms with Gasteiger partial charge >= 0.3 is 0 Å². The van der Waals surface area contributed by atoms with Gasteiger partial charge in [-0.3, -0.25) is 14.9 Å². The molecule has 0 saturated carbocycles. The van der Waals surface area contributed by atoms with Gasteiger partial charge in [0.05, 0.1) is 4.92 Å². The van der Waals surface area contributed by atoms with Crippen LogP contribution in [0, 0.1) is 17.0 Å². The van der Waals surface area contributed by atoms with E-state index < -0.39 is 4.92 Å². The molecule has 28 heavy (non-hydrogen) atoms. The molecule has 0 aliphatic rings. The Morgan fingerprint density at radius 3 is 2.43 bits per heavy atom. The number of hydrogen-bond acceptors (Lipinski definition) is 5. The zero-order valence-corrected chi connectivity index (χ0v) is 14.9. The van der Waals surface area contributed by atoms with E-state index in [2.05, 4.69) is 10.3 Å². The lowest BCUT2D eigenvalue weighted by Crippen LogP contribution is -2.11. The summed E-state index contributed by atoms with van der Waals surface area (Å²) in [6.45, 7) is 2.00. The van der Waals surface area contributed by atoms with Gasteiger partial charge in [0.15, 0.2) is 5.58 Å². The molecule has 0 fully saturated rings. The van der Waals surface area contributed by atoms with E-state index in [-0.39, 0.29) is 11.6 Å². The number of oxazole rings is 1. The third kappa shape index (κ3) is 3.45. The SMILES string of the molecule is Cc1ccc2oc(-c3ccc(NC(=O)c4ccc([N+](=O)[O-])cc4)cc3)nc2c1. The summed E-state index contributed by atoms with van der Waals surface area (Å²) in [6.07, 6.45) is 0. The number of benzene rings is 3. The first-order chi connectivity index (χ1) is 13.5. The Bertz CT molecular complexity index is 1180. The van der Waals surface area contributed by atoms with E-state index >= 15 is 0 Å². The first kappa shape index (κ1) is 17.4. The topological polar surface area (TPSA) is 98.3 Å². The third-order valence-electron chi connectivity index (χ3n) is 4.27. The van der Waals surface area contributed by atoms with E-state index in [9.17, 15) is 14.9 Å². The summed E-state index contributed by atoms with van der Waals surface area (Å²) >= 11 is 0. The average molecular weight is 373 g/mol. The molecule has 1 heterocycles. The fourth-order valence-corrected chi connectivity index (χ4v) is 2.79. The second-order valence-electron chi connectivity index (χ2n) is 6.33. The highest BCUT2D eigenvalue weighted by Crippen LogP contribution is 2.26. The molecule has 3 aromatic carbocycles. The molecule has 1 aromatic heterocycles. The molecule has 4 aromatic rings. The van der Waals surface area contributed by atoms with Gasteiger partial charge in [0.2, 0.25) is 5.89 Å². The highest BCUT2D eigenvalue weighted by molar-refractivity contribution is 6.04. The maximum absolute atomic E-state index is 12.3. The molecule has 0 unspecified atom stereocenters. The molecule has 7 heteroatoms. The van der Waals surface area contributed by atoms with Gasteiger partial charge in [0.1, 0.15) is 5.52 Å². The van der Waals surface area contributed by atoms with Gasteiger partial charge in [-0.2, -0.15) is 0 Å². The Kier molecular flexibility index (Phi) is 4.33. The van der Waals surface area contributed by atoms with Crippen LogP contribution in [0.5, 0.6) is 0 Å². The number of nitrogens with zero attached hydrogens (tertiary/aromatic N) is 2. The normalized spacial score (nSPS) is 10.8. The number of non-ortho nitro benzene ring substituents is 1. The van der Waals surface area contributed by atoms with Crippen LogP contribution in [0.1, 0.15) is 15.9 Å². The molecular weight excluding hydrogens is 358 g/mol. The molecule has 0 atom stereocenters. The van der Waals surface area contributed by atoms with Crippen molar-refractivity contribution >= 4 is 28.4 Å². The Morgan fingerprint density at radius 2 is 1.75 bits per heavy atom. The number of anilines is 1. The molecule has 1 N–H and O–H groups in total. The largest absolute Gasteiger partial charge is 0.436 e. The number of nitro benzene ring substituents is 1. The molecule has 0 aliphatic heterocycles. The summed E-state index contributed by atoms with van der Waals surface area (Å²) < 4.78 is 5.78. The number of aromatic nitrogens is 1. The van der Waals surface area contributed by atoms with Crippen molar-refractivity contribution in [1.82, 2.24) is 4.98 Å².